The number of hydrogen-bond donors (Lipinski definition) is 1. The van der Waals surface area contributed by atoms with Crippen molar-refractivity contribution in [2.75, 3.05) is 11.4 Å². The van der Waals surface area contributed by atoms with E-state index in [0.29, 0.717) is 11.3 Å². The monoisotopic (exact) mass is 385 g/mol. The van der Waals surface area contributed by atoms with Gasteiger partial charge in [-0.2, -0.15) is 13.2 Å². The molecule has 2 aromatic carbocycles. The first-order chi connectivity index (χ1) is 12.7. The topological polar surface area (TPSA) is 40.5 Å². The van der Waals surface area contributed by atoms with Gasteiger partial charge in [0.25, 0.3) is 6.43 Å². The molecule has 1 aliphatic rings. The van der Waals surface area contributed by atoms with Crippen molar-refractivity contribution in [1.29, 1.82) is 0 Å². The van der Waals surface area contributed by atoms with E-state index in [1.54, 1.807) is 0 Å². The normalized spacial score (nSPS) is 20.3. The number of benzene rings is 2. The van der Waals surface area contributed by atoms with Crippen molar-refractivity contribution in [2.45, 2.75) is 31.0 Å². The third-order valence-electron chi connectivity index (χ3n) is 4.79. The van der Waals surface area contributed by atoms with Crippen LogP contribution in [0.5, 0.6) is 0 Å². The first-order valence-electron chi connectivity index (χ1n) is 8.22. The molecule has 0 amide bonds. The zero-order valence-corrected chi connectivity index (χ0v) is 14.0. The van der Waals surface area contributed by atoms with Gasteiger partial charge in [0.2, 0.25) is 0 Å². The van der Waals surface area contributed by atoms with Gasteiger partial charge in [0.05, 0.1) is 17.2 Å². The molecule has 1 aliphatic heterocycles. The van der Waals surface area contributed by atoms with Gasteiger partial charge < -0.3 is 10.0 Å². The fourth-order valence-electron chi connectivity index (χ4n) is 3.38. The van der Waals surface area contributed by atoms with E-state index in [1.165, 1.54) is 41.3 Å². The van der Waals surface area contributed by atoms with Crippen LogP contribution in [-0.4, -0.2) is 30.1 Å². The second-order valence-corrected chi connectivity index (χ2v) is 6.46. The van der Waals surface area contributed by atoms with E-state index in [0.717, 1.165) is 12.1 Å². The first kappa shape index (κ1) is 19.1. The van der Waals surface area contributed by atoms with Crippen LogP contribution in [0.4, 0.5) is 27.6 Å². The van der Waals surface area contributed by atoms with Crippen LogP contribution in [0.1, 0.15) is 33.8 Å². The molecule has 0 bridgehead atoms. The van der Waals surface area contributed by atoms with Crippen LogP contribution in [0, 0.1) is 0 Å². The second-order valence-electron chi connectivity index (χ2n) is 6.46. The molecule has 2 atom stereocenters. The predicted octanol–water partition coefficient (Wildman–Crippen LogP) is 5.03. The van der Waals surface area contributed by atoms with Crippen molar-refractivity contribution in [1.82, 2.24) is 0 Å². The maximum absolute atomic E-state index is 13.5. The average molecular weight is 385 g/mol. The van der Waals surface area contributed by atoms with E-state index < -0.39 is 30.2 Å². The van der Waals surface area contributed by atoms with Gasteiger partial charge in [0, 0.05) is 18.2 Å². The Balaban J connectivity index is 1.83. The van der Waals surface area contributed by atoms with Crippen LogP contribution in [0.2, 0.25) is 0 Å². The van der Waals surface area contributed by atoms with Crippen molar-refractivity contribution >= 4 is 11.7 Å². The lowest BCUT2D eigenvalue weighted by Crippen LogP contribution is -2.34. The highest BCUT2D eigenvalue weighted by Crippen LogP contribution is 2.38. The van der Waals surface area contributed by atoms with Crippen molar-refractivity contribution in [2.24, 2.45) is 0 Å². The Morgan fingerprint density at radius 1 is 1.04 bits per heavy atom. The van der Waals surface area contributed by atoms with Crippen LogP contribution < -0.4 is 4.90 Å². The Labute approximate surface area is 152 Å². The molecule has 1 saturated heterocycles. The number of nitrogens with zero attached hydrogens (tertiary/aromatic N) is 1. The lowest BCUT2D eigenvalue weighted by atomic mass is 9.95. The molecule has 3 rings (SSSR count). The summed E-state index contributed by atoms with van der Waals surface area (Å²) in [6.07, 6.45) is -6.98. The Morgan fingerprint density at radius 2 is 1.63 bits per heavy atom. The van der Waals surface area contributed by atoms with Crippen molar-refractivity contribution in [3.05, 3.63) is 65.2 Å². The van der Waals surface area contributed by atoms with E-state index in [4.69, 9.17) is 5.11 Å². The predicted molar refractivity (Wildman–Crippen MR) is 89.3 cm³/mol. The van der Waals surface area contributed by atoms with Gasteiger partial charge in [-0.3, -0.25) is 0 Å². The number of carboxylic acid groups (broad SMARTS) is 1. The maximum Gasteiger partial charge on any atom is 0.416 e. The Kier molecular flexibility index (Phi) is 5.08. The molecule has 0 aromatic heterocycles. The molecule has 0 radical (unpaired) electrons. The molecule has 1 heterocycles. The minimum atomic E-state index is -4.45. The summed E-state index contributed by atoms with van der Waals surface area (Å²) in [5, 5.41) is 8.94. The summed E-state index contributed by atoms with van der Waals surface area (Å²) in [6.45, 7) is 0.215. The standard InChI is InChI=1S/C19H16F5NO2/c20-17(21)16-9-13(11-1-5-14(6-2-11)19(22,23)24)10-25(16)15-7-3-12(4-8-15)18(26)27/h1-8,13,16-17H,9-10H2,(H,26,27)/t13?,16-/m0/s1. The fourth-order valence-corrected chi connectivity index (χ4v) is 3.38. The van der Waals surface area contributed by atoms with Crippen molar-refractivity contribution in [3.8, 4) is 0 Å². The molecule has 0 spiro atoms. The molecule has 2 aromatic rings. The summed E-state index contributed by atoms with van der Waals surface area (Å²) < 4.78 is 65.1. The third kappa shape index (κ3) is 4.04. The molecular weight excluding hydrogens is 369 g/mol. The van der Waals surface area contributed by atoms with E-state index in [1.807, 2.05) is 0 Å². The van der Waals surface area contributed by atoms with Crippen molar-refractivity contribution in [3.63, 3.8) is 0 Å². The summed E-state index contributed by atoms with van der Waals surface area (Å²) in [5.74, 6) is -1.46. The molecule has 144 valence electrons. The van der Waals surface area contributed by atoms with Gasteiger partial charge in [-0.25, -0.2) is 13.6 Å². The quantitative estimate of drug-likeness (QED) is 0.751. The molecule has 1 fully saturated rings. The molecule has 3 nitrogen and oxygen atoms in total. The Morgan fingerprint density at radius 3 is 2.11 bits per heavy atom. The average Bonchev–Trinajstić information content (AvgIpc) is 3.07. The van der Waals surface area contributed by atoms with Gasteiger partial charge in [-0.05, 0) is 48.4 Å². The molecule has 27 heavy (non-hydrogen) atoms. The minimum absolute atomic E-state index is 0.0471. The molecule has 8 heteroatoms. The van der Waals surface area contributed by atoms with Crippen LogP contribution in [0.25, 0.3) is 0 Å². The number of carboxylic acids is 1. The number of alkyl halides is 5. The van der Waals surface area contributed by atoms with Gasteiger partial charge in [0.15, 0.2) is 0 Å². The lowest BCUT2D eigenvalue weighted by molar-refractivity contribution is -0.137. The summed E-state index contributed by atoms with van der Waals surface area (Å²) in [5.41, 5.74) is 0.291. The second kappa shape index (κ2) is 7.17. The van der Waals surface area contributed by atoms with E-state index in [2.05, 4.69) is 0 Å². The summed E-state index contributed by atoms with van der Waals surface area (Å²) in [7, 11) is 0. The summed E-state index contributed by atoms with van der Waals surface area (Å²) in [6, 6.07) is 9.08. The lowest BCUT2D eigenvalue weighted by Gasteiger charge is -2.26. The van der Waals surface area contributed by atoms with Crippen molar-refractivity contribution < 1.29 is 31.9 Å². The van der Waals surface area contributed by atoms with E-state index in [-0.39, 0.29) is 24.4 Å². The maximum atomic E-state index is 13.5. The van der Waals surface area contributed by atoms with Crippen LogP contribution in [0.15, 0.2) is 48.5 Å². The Hall–Kier alpha value is -2.64. The molecule has 0 saturated carbocycles. The zero-order valence-electron chi connectivity index (χ0n) is 14.0. The number of hydrogen-bond acceptors (Lipinski definition) is 2. The highest BCUT2D eigenvalue weighted by atomic mass is 19.4. The molecule has 0 aliphatic carbocycles. The van der Waals surface area contributed by atoms with Crippen LogP contribution in [0.3, 0.4) is 0 Å². The first-order valence-corrected chi connectivity index (χ1v) is 8.22. The number of rotatable bonds is 4. The Bertz CT molecular complexity index is 802. The SMILES string of the molecule is O=C(O)c1ccc(N2CC(c3ccc(C(F)(F)F)cc3)C[C@H]2C(F)F)cc1. The third-order valence-corrected chi connectivity index (χ3v) is 4.79. The van der Waals surface area contributed by atoms with Gasteiger partial charge in [-0.1, -0.05) is 12.1 Å². The van der Waals surface area contributed by atoms with Crippen LogP contribution >= 0.6 is 0 Å². The van der Waals surface area contributed by atoms with Crippen LogP contribution in [-0.2, 0) is 6.18 Å². The number of carbonyl (C=O) groups is 1. The van der Waals surface area contributed by atoms with E-state index in [9.17, 15) is 26.7 Å². The summed E-state index contributed by atoms with van der Waals surface area (Å²) >= 11 is 0. The highest BCUT2D eigenvalue weighted by molar-refractivity contribution is 5.88. The number of aromatic carboxylic acids is 1. The van der Waals surface area contributed by atoms with Gasteiger partial charge in [-0.15, -0.1) is 0 Å². The smallest absolute Gasteiger partial charge is 0.416 e. The summed E-state index contributed by atoms with van der Waals surface area (Å²) in [4.78, 5) is 12.4. The molecular formula is C19H16F5NO2. The fraction of sp³-hybridized carbons (Fsp3) is 0.316. The molecule has 1 unspecified atom stereocenters. The number of halogens is 5. The number of anilines is 1. The molecule has 1 N–H and O–H groups in total. The highest BCUT2D eigenvalue weighted by Gasteiger charge is 2.39. The van der Waals surface area contributed by atoms with Gasteiger partial charge in [0.1, 0.15) is 0 Å². The largest absolute Gasteiger partial charge is 0.478 e. The van der Waals surface area contributed by atoms with E-state index >= 15 is 0 Å². The zero-order chi connectivity index (χ0) is 19.8. The van der Waals surface area contributed by atoms with Gasteiger partial charge >= 0.3 is 12.1 Å². The minimum Gasteiger partial charge on any atom is -0.478 e.